The van der Waals surface area contributed by atoms with Crippen LogP contribution in [0.2, 0.25) is 0 Å². The van der Waals surface area contributed by atoms with E-state index in [0.717, 1.165) is 17.7 Å². The van der Waals surface area contributed by atoms with Crippen LogP contribution in [-0.4, -0.2) is 5.75 Å². The summed E-state index contributed by atoms with van der Waals surface area (Å²) in [5.74, 6) is 0.977. The summed E-state index contributed by atoms with van der Waals surface area (Å²) in [6.45, 7) is 0. The van der Waals surface area contributed by atoms with Crippen LogP contribution in [-0.2, 0) is 0 Å². The first kappa shape index (κ1) is 10.2. The second-order valence-electron chi connectivity index (χ2n) is 2.66. The van der Waals surface area contributed by atoms with Crippen molar-refractivity contribution in [3.63, 3.8) is 0 Å². The molecule has 1 aliphatic rings. The van der Waals surface area contributed by atoms with E-state index in [9.17, 15) is 5.11 Å². The molecule has 0 aliphatic carbocycles. The molecule has 0 radical (unpaired) electrons. The first-order chi connectivity index (χ1) is 5.38. The second kappa shape index (κ2) is 4.39. The molecule has 0 N–H and O–H groups in total. The third-order valence-corrected chi connectivity index (χ3v) is 3.03. The molecule has 1 atom stereocenters. The van der Waals surface area contributed by atoms with Crippen LogP contribution in [0, 0.1) is 0 Å². The maximum absolute atomic E-state index is 11.4. The summed E-state index contributed by atoms with van der Waals surface area (Å²) >= 11 is 1.79. The van der Waals surface area contributed by atoms with Gasteiger partial charge >= 0.3 is 18.9 Å². The largest absolute Gasteiger partial charge is 1.00 e. The molecule has 1 nitrogen and oxygen atoms in total. The predicted octanol–water partition coefficient (Wildman–Crippen LogP) is -1.41. The molecule has 58 valence electrons. The van der Waals surface area contributed by atoms with Gasteiger partial charge in [-0.05, 0) is 17.4 Å². The van der Waals surface area contributed by atoms with Crippen molar-refractivity contribution in [3.05, 3.63) is 29.8 Å². The van der Waals surface area contributed by atoms with Crippen molar-refractivity contribution < 1.29 is 24.0 Å². The predicted molar refractivity (Wildman–Crippen MR) is 44.5 cm³/mol. The van der Waals surface area contributed by atoms with Crippen LogP contribution >= 0.6 is 11.8 Å². The Labute approximate surface area is 88.7 Å². The molecular weight excluding hydrogens is 163 g/mol. The Kier molecular flexibility index (Phi) is 3.73. The maximum Gasteiger partial charge on any atom is 1.00 e. The van der Waals surface area contributed by atoms with Gasteiger partial charge in [0.15, 0.2) is 0 Å². The maximum atomic E-state index is 11.4. The van der Waals surface area contributed by atoms with Crippen LogP contribution in [0.4, 0.5) is 0 Å². The zero-order chi connectivity index (χ0) is 7.68. The third kappa shape index (κ3) is 1.89. The number of hydrogen-bond acceptors (Lipinski definition) is 2. The molecular formula is C9H9LiOS. The van der Waals surface area contributed by atoms with Gasteiger partial charge in [0.05, 0.1) is 0 Å². The van der Waals surface area contributed by atoms with E-state index < -0.39 is 6.10 Å². The van der Waals surface area contributed by atoms with Crippen molar-refractivity contribution in [2.75, 3.05) is 5.75 Å². The van der Waals surface area contributed by atoms with E-state index in [4.69, 9.17) is 0 Å². The summed E-state index contributed by atoms with van der Waals surface area (Å²) < 4.78 is 0. The first-order valence-electron chi connectivity index (χ1n) is 3.75. The van der Waals surface area contributed by atoms with Crippen LogP contribution in [0.3, 0.4) is 0 Å². The van der Waals surface area contributed by atoms with Gasteiger partial charge in [-0.25, -0.2) is 0 Å². The molecule has 0 aromatic heterocycles. The molecule has 1 heterocycles. The fourth-order valence-electron chi connectivity index (χ4n) is 1.31. The molecule has 0 saturated heterocycles. The molecule has 0 bridgehead atoms. The summed E-state index contributed by atoms with van der Waals surface area (Å²) in [5, 5.41) is 11.4. The molecule has 0 fully saturated rings. The van der Waals surface area contributed by atoms with E-state index in [1.54, 1.807) is 11.8 Å². The first-order valence-corrected chi connectivity index (χ1v) is 4.74. The minimum Gasteiger partial charge on any atom is -0.848 e. The van der Waals surface area contributed by atoms with Crippen LogP contribution in [0.5, 0.6) is 0 Å². The Balaban J connectivity index is 0.000000720. The zero-order valence-corrected chi connectivity index (χ0v) is 7.93. The monoisotopic (exact) mass is 172 g/mol. The molecule has 3 heteroatoms. The average Bonchev–Trinajstić information content (AvgIpc) is 2.06. The molecule has 1 aromatic rings. The molecule has 1 unspecified atom stereocenters. The van der Waals surface area contributed by atoms with E-state index in [1.165, 1.54) is 4.90 Å². The Bertz CT molecular complexity index is 264. The fraction of sp³-hybridized carbons (Fsp3) is 0.333. The third-order valence-electron chi connectivity index (χ3n) is 1.90. The molecule has 0 amide bonds. The van der Waals surface area contributed by atoms with E-state index in [-0.39, 0.29) is 18.9 Å². The van der Waals surface area contributed by atoms with Gasteiger partial charge in [-0.2, -0.15) is 0 Å². The molecule has 12 heavy (non-hydrogen) atoms. The standard InChI is InChI=1S/C9H9OS.Li/c10-8-5-6-11-9-4-2-1-3-7(8)9;/h1-4,8H,5-6H2;/q-1;+1. The topological polar surface area (TPSA) is 23.1 Å². The number of thioether (sulfide) groups is 1. The Morgan fingerprint density at radius 1 is 1.33 bits per heavy atom. The zero-order valence-electron chi connectivity index (χ0n) is 7.12. The van der Waals surface area contributed by atoms with Gasteiger partial charge < -0.3 is 5.11 Å². The Morgan fingerprint density at radius 2 is 2.08 bits per heavy atom. The molecule has 0 spiro atoms. The number of hydrogen-bond donors (Lipinski definition) is 0. The summed E-state index contributed by atoms with van der Waals surface area (Å²) in [6.07, 6.45) is 0.300. The Hall–Kier alpha value is 0.127. The molecule has 1 aromatic carbocycles. The minimum absolute atomic E-state index is 0. The number of rotatable bonds is 0. The molecule has 0 saturated carbocycles. The summed E-state index contributed by atoms with van der Waals surface area (Å²) in [7, 11) is 0. The number of benzene rings is 1. The smallest absolute Gasteiger partial charge is 0.848 e. The average molecular weight is 172 g/mol. The van der Waals surface area contributed by atoms with Crippen LogP contribution in [0.25, 0.3) is 0 Å². The van der Waals surface area contributed by atoms with Crippen LogP contribution < -0.4 is 24.0 Å². The summed E-state index contributed by atoms with van der Waals surface area (Å²) in [6, 6.07) is 7.91. The van der Waals surface area contributed by atoms with E-state index >= 15 is 0 Å². The Morgan fingerprint density at radius 3 is 2.83 bits per heavy atom. The van der Waals surface area contributed by atoms with Crippen molar-refractivity contribution in [1.29, 1.82) is 0 Å². The second-order valence-corrected chi connectivity index (χ2v) is 3.80. The normalized spacial score (nSPS) is 20.9. The quantitative estimate of drug-likeness (QED) is 0.449. The summed E-state index contributed by atoms with van der Waals surface area (Å²) in [4.78, 5) is 1.18. The van der Waals surface area contributed by atoms with Gasteiger partial charge in [-0.15, -0.1) is 11.8 Å². The van der Waals surface area contributed by atoms with Gasteiger partial charge in [-0.1, -0.05) is 30.7 Å². The van der Waals surface area contributed by atoms with Crippen molar-refractivity contribution in [2.45, 2.75) is 17.4 Å². The van der Waals surface area contributed by atoms with Gasteiger partial charge in [0.2, 0.25) is 0 Å². The van der Waals surface area contributed by atoms with Crippen LogP contribution in [0.15, 0.2) is 29.2 Å². The van der Waals surface area contributed by atoms with Crippen molar-refractivity contribution in [3.8, 4) is 0 Å². The molecule has 1 aliphatic heterocycles. The SMILES string of the molecule is [Li+].[O-]C1CCSc2ccccc21. The van der Waals surface area contributed by atoms with Crippen molar-refractivity contribution in [2.24, 2.45) is 0 Å². The minimum atomic E-state index is -0.479. The van der Waals surface area contributed by atoms with E-state index in [0.29, 0.717) is 0 Å². The summed E-state index contributed by atoms with van der Waals surface area (Å²) in [5.41, 5.74) is 0.990. The number of fused-ring (bicyclic) bond motifs is 1. The van der Waals surface area contributed by atoms with Crippen molar-refractivity contribution >= 4 is 11.8 Å². The van der Waals surface area contributed by atoms with Crippen LogP contribution in [0.1, 0.15) is 18.1 Å². The van der Waals surface area contributed by atoms with E-state index in [2.05, 4.69) is 0 Å². The van der Waals surface area contributed by atoms with Gasteiger partial charge in [0.1, 0.15) is 0 Å². The van der Waals surface area contributed by atoms with Gasteiger partial charge in [0, 0.05) is 4.90 Å². The fourth-order valence-corrected chi connectivity index (χ4v) is 2.40. The van der Waals surface area contributed by atoms with Gasteiger partial charge in [0.25, 0.3) is 0 Å². The van der Waals surface area contributed by atoms with Crippen molar-refractivity contribution in [1.82, 2.24) is 0 Å². The van der Waals surface area contributed by atoms with E-state index in [1.807, 2.05) is 24.3 Å². The molecule has 2 rings (SSSR count). The van der Waals surface area contributed by atoms with Gasteiger partial charge in [-0.3, -0.25) is 0 Å².